The van der Waals surface area contributed by atoms with Gasteiger partial charge < -0.3 is 5.32 Å². The van der Waals surface area contributed by atoms with E-state index in [1.807, 2.05) is 23.7 Å². The van der Waals surface area contributed by atoms with E-state index in [0.717, 1.165) is 29.9 Å². The first-order valence-electron chi connectivity index (χ1n) is 6.23. The molecule has 0 aliphatic rings. The molecule has 18 heavy (non-hydrogen) atoms. The molecule has 0 amide bonds. The molecule has 98 valence electrons. The Labute approximate surface area is 112 Å². The number of anilines is 1. The average molecular weight is 267 g/mol. The van der Waals surface area contributed by atoms with E-state index < -0.39 is 0 Å². The number of halogens is 1. The van der Waals surface area contributed by atoms with Gasteiger partial charge in [0.15, 0.2) is 5.82 Å². The molecule has 1 unspecified atom stereocenters. The van der Waals surface area contributed by atoms with Crippen LogP contribution in [-0.2, 0) is 0 Å². The topological polar surface area (TPSA) is 42.2 Å². The van der Waals surface area contributed by atoms with Crippen LogP contribution in [0.4, 0.5) is 5.82 Å². The summed E-state index contributed by atoms with van der Waals surface area (Å²) in [7, 11) is 0. The van der Waals surface area contributed by atoms with Crippen LogP contribution in [0.25, 0.3) is 5.52 Å². The summed E-state index contributed by atoms with van der Waals surface area (Å²) in [4.78, 5) is 4.42. The molecule has 2 aromatic rings. The van der Waals surface area contributed by atoms with Crippen LogP contribution in [0.3, 0.4) is 0 Å². The predicted molar refractivity (Wildman–Crippen MR) is 75.4 cm³/mol. The van der Waals surface area contributed by atoms with Crippen molar-refractivity contribution in [1.29, 1.82) is 0 Å². The Hall–Kier alpha value is -1.29. The lowest BCUT2D eigenvalue weighted by Crippen LogP contribution is -2.35. The molecular formula is C13H19ClN4. The highest BCUT2D eigenvalue weighted by Crippen LogP contribution is 2.24. The maximum atomic E-state index is 5.88. The average Bonchev–Trinajstić information content (AvgIpc) is 2.71. The smallest absolute Gasteiger partial charge is 0.152 e. The first kappa shape index (κ1) is 13.1. The first-order chi connectivity index (χ1) is 8.58. The number of nitrogens with zero attached hydrogens (tertiary/aromatic N) is 3. The zero-order valence-corrected chi connectivity index (χ0v) is 11.8. The Morgan fingerprint density at radius 2 is 2.28 bits per heavy atom. The van der Waals surface area contributed by atoms with E-state index in [1.54, 1.807) is 6.20 Å². The van der Waals surface area contributed by atoms with E-state index in [4.69, 9.17) is 11.6 Å². The molecular weight excluding hydrogens is 248 g/mol. The van der Waals surface area contributed by atoms with Gasteiger partial charge in [-0.1, -0.05) is 6.92 Å². The molecule has 0 fully saturated rings. The SMILES string of the molecule is CCC(C)(CCCl)Nc1nccn2nc(C)cc12. The van der Waals surface area contributed by atoms with Gasteiger partial charge in [-0.3, -0.25) is 0 Å². The molecule has 2 aromatic heterocycles. The molecule has 0 saturated carbocycles. The zero-order valence-electron chi connectivity index (χ0n) is 11.1. The van der Waals surface area contributed by atoms with Crippen LogP contribution >= 0.6 is 11.6 Å². The van der Waals surface area contributed by atoms with Gasteiger partial charge in [-0.25, -0.2) is 9.50 Å². The quantitative estimate of drug-likeness (QED) is 0.845. The van der Waals surface area contributed by atoms with Gasteiger partial charge >= 0.3 is 0 Å². The minimum atomic E-state index is -0.0330. The third-order valence-corrected chi connectivity index (χ3v) is 3.55. The van der Waals surface area contributed by atoms with Crippen molar-refractivity contribution in [1.82, 2.24) is 14.6 Å². The van der Waals surface area contributed by atoms with Crippen molar-refractivity contribution in [3.05, 3.63) is 24.2 Å². The number of rotatable bonds is 5. The van der Waals surface area contributed by atoms with Gasteiger partial charge in [0.2, 0.25) is 0 Å². The second kappa shape index (κ2) is 5.14. The second-order valence-electron chi connectivity index (χ2n) is 4.87. The highest BCUT2D eigenvalue weighted by molar-refractivity contribution is 6.17. The van der Waals surface area contributed by atoms with Crippen molar-refractivity contribution in [2.24, 2.45) is 0 Å². The van der Waals surface area contributed by atoms with Gasteiger partial charge in [0, 0.05) is 23.8 Å². The van der Waals surface area contributed by atoms with Gasteiger partial charge in [-0.05, 0) is 32.8 Å². The molecule has 5 heteroatoms. The summed E-state index contributed by atoms with van der Waals surface area (Å²) in [6, 6.07) is 2.03. The monoisotopic (exact) mass is 266 g/mol. The number of alkyl halides is 1. The van der Waals surface area contributed by atoms with Crippen LogP contribution in [0, 0.1) is 6.92 Å². The molecule has 0 aromatic carbocycles. The highest BCUT2D eigenvalue weighted by atomic mass is 35.5. The fourth-order valence-corrected chi connectivity index (χ4v) is 2.38. The van der Waals surface area contributed by atoms with Gasteiger partial charge in [0.25, 0.3) is 0 Å². The number of aryl methyl sites for hydroxylation is 1. The summed E-state index contributed by atoms with van der Waals surface area (Å²) in [6.45, 7) is 6.31. The highest BCUT2D eigenvalue weighted by Gasteiger charge is 2.22. The van der Waals surface area contributed by atoms with E-state index in [1.165, 1.54) is 0 Å². The predicted octanol–water partition coefficient (Wildman–Crippen LogP) is 3.25. The fourth-order valence-electron chi connectivity index (χ4n) is 1.96. The van der Waals surface area contributed by atoms with Crippen LogP contribution in [0.5, 0.6) is 0 Å². The molecule has 2 rings (SSSR count). The first-order valence-corrected chi connectivity index (χ1v) is 6.76. The Balaban J connectivity index is 2.36. The standard InChI is InChI=1S/C13H19ClN4/c1-4-13(3,5-6-14)16-12-11-9-10(2)17-18(11)8-7-15-12/h7-9H,4-6H2,1-3H3,(H,15,16). The Kier molecular flexibility index (Phi) is 3.76. The van der Waals surface area contributed by atoms with E-state index in [9.17, 15) is 0 Å². The second-order valence-corrected chi connectivity index (χ2v) is 5.25. The molecule has 2 heterocycles. The molecule has 0 radical (unpaired) electrons. The normalized spacial score (nSPS) is 14.7. The van der Waals surface area contributed by atoms with Crippen LogP contribution < -0.4 is 5.32 Å². The van der Waals surface area contributed by atoms with Crippen LogP contribution in [-0.4, -0.2) is 26.0 Å². The van der Waals surface area contributed by atoms with Crippen LogP contribution in [0.2, 0.25) is 0 Å². The zero-order chi connectivity index (χ0) is 13.2. The van der Waals surface area contributed by atoms with Gasteiger partial charge in [0.05, 0.1) is 5.69 Å². The summed E-state index contributed by atoms with van der Waals surface area (Å²) in [5, 5.41) is 7.89. The van der Waals surface area contributed by atoms with E-state index >= 15 is 0 Å². The molecule has 0 aliphatic carbocycles. The lowest BCUT2D eigenvalue weighted by Gasteiger charge is -2.29. The minimum Gasteiger partial charge on any atom is -0.363 e. The number of hydrogen-bond donors (Lipinski definition) is 1. The minimum absolute atomic E-state index is 0.0330. The molecule has 0 bridgehead atoms. The molecule has 1 atom stereocenters. The maximum Gasteiger partial charge on any atom is 0.152 e. The number of aromatic nitrogens is 3. The maximum absolute atomic E-state index is 5.88. The van der Waals surface area contributed by atoms with E-state index in [0.29, 0.717) is 5.88 Å². The fraction of sp³-hybridized carbons (Fsp3) is 0.538. The third kappa shape index (κ3) is 2.58. The van der Waals surface area contributed by atoms with Crippen molar-refractivity contribution in [3.8, 4) is 0 Å². The van der Waals surface area contributed by atoms with Crippen molar-refractivity contribution in [3.63, 3.8) is 0 Å². The Morgan fingerprint density at radius 1 is 1.50 bits per heavy atom. The molecule has 0 saturated heterocycles. The summed E-state index contributed by atoms with van der Waals surface area (Å²) in [5.41, 5.74) is 1.96. The summed E-state index contributed by atoms with van der Waals surface area (Å²) >= 11 is 5.88. The van der Waals surface area contributed by atoms with Gasteiger partial charge in [-0.2, -0.15) is 5.10 Å². The number of fused-ring (bicyclic) bond motifs is 1. The third-order valence-electron chi connectivity index (χ3n) is 3.36. The molecule has 0 aliphatic heterocycles. The molecule has 1 N–H and O–H groups in total. The summed E-state index contributed by atoms with van der Waals surface area (Å²) in [5.74, 6) is 1.51. The van der Waals surface area contributed by atoms with Crippen molar-refractivity contribution < 1.29 is 0 Å². The van der Waals surface area contributed by atoms with E-state index in [-0.39, 0.29) is 5.54 Å². The molecule has 4 nitrogen and oxygen atoms in total. The van der Waals surface area contributed by atoms with Gasteiger partial charge in [0.1, 0.15) is 5.52 Å². The van der Waals surface area contributed by atoms with E-state index in [2.05, 4.69) is 29.2 Å². The number of nitrogens with one attached hydrogen (secondary N) is 1. The summed E-state index contributed by atoms with van der Waals surface area (Å²) in [6.07, 6.45) is 5.52. The lowest BCUT2D eigenvalue weighted by atomic mass is 9.95. The number of hydrogen-bond acceptors (Lipinski definition) is 3. The van der Waals surface area contributed by atoms with Crippen molar-refractivity contribution in [2.75, 3.05) is 11.2 Å². The van der Waals surface area contributed by atoms with Gasteiger partial charge in [-0.15, -0.1) is 11.6 Å². The largest absolute Gasteiger partial charge is 0.363 e. The van der Waals surface area contributed by atoms with Crippen molar-refractivity contribution in [2.45, 2.75) is 39.2 Å². The van der Waals surface area contributed by atoms with Crippen LogP contribution in [0.15, 0.2) is 18.5 Å². The van der Waals surface area contributed by atoms with Crippen LogP contribution in [0.1, 0.15) is 32.4 Å². The van der Waals surface area contributed by atoms with Crippen molar-refractivity contribution >= 4 is 22.9 Å². The Bertz CT molecular complexity index is 537. The summed E-state index contributed by atoms with van der Waals surface area (Å²) < 4.78 is 1.85. The Morgan fingerprint density at radius 3 is 2.94 bits per heavy atom. The lowest BCUT2D eigenvalue weighted by molar-refractivity contribution is 0.479. The molecule has 0 spiro atoms.